The minimum atomic E-state index is -0.339. The summed E-state index contributed by atoms with van der Waals surface area (Å²) in [6.45, 7) is 4.01. The van der Waals surface area contributed by atoms with Crippen LogP contribution >= 0.6 is 0 Å². The molecule has 0 bridgehead atoms. The summed E-state index contributed by atoms with van der Waals surface area (Å²) in [7, 11) is 1.37. The SMILES string of the molecule is CCC(C)(N)c1ccc(C(=O)OC)cc1. The fraction of sp³-hybridized carbons (Fsp3) is 0.417. The normalized spacial score (nSPS) is 14.4. The van der Waals surface area contributed by atoms with Gasteiger partial charge in [-0.15, -0.1) is 0 Å². The molecule has 3 heteroatoms. The van der Waals surface area contributed by atoms with Gasteiger partial charge in [0.25, 0.3) is 0 Å². The zero-order chi connectivity index (χ0) is 11.5. The first kappa shape index (κ1) is 11.7. The molecule has 0 saturated carbocycles. The fourth-order valence-electron chi connectivity index (χ4n) is 1.31. The number of hydrogen-bond donors (Lipinski definition) is 1. The fourth-order valence-corrected chi connectivity index (χ4v) is 1.31. The molecule has 15 heavy (non-hydrogen) atoms. The smallest absolute Gasteiger partial charge is 0.337 e. The van der Waals surface area contributed by atoms with E-state index in [1.54, 1.807) is 12.1 Å². The topological polar surface area (TPSA) is 52.3 Å². The van der Waals surface area contributed by atoms with Crippen molar-refractivity contribution < 1.29 is 9.53 Å². The number of nitrogens with two attached hydrogens (primary N) is 1. The van der Waals surface area contributed by atoms with Gasteiger partial charge >= 0.3 is 5.97 Å². The molecule has 82 valence electrons. The summed E-state index contributed by atoms with van der Waals surface area (Å²) in [5.74, 6) is -0.322. The van der Waals surface area contributed by atoms with Crippen molar-refractivity contribution in [3.05, 3.63) is 35.4 Å². The molecule has 1 atom stereocenters. The predicted octanol–water partition coefficient (Wildman–Crippen LogP) is 2.06. The third-order valence-corrected chi connectivity index (χ3v) is 2.70. The number of rotatable bonds is 3. The maximum Gasteiger partial charge on any atom is 0.337 e. The summed E-state index contributed by atoms with van der Waals surface area (Å²) in [5, 5.41) is 0. The third-order valence-electron chi connectivity index (χ3n) is 2.70. The summed E-state index contributed by atoms with van der Waals surface area (Å²) < 4.78 is 4.62. The first-order valence-corrected chi connectivity index (χ1v) is 4.99. The van der Waals surface area contributed by atoms with Crippen LogP contribution in [0.3, 0.4) is 0 Å². The van der Waals surface area contributed by atoms with Crippen LogP contribution in [-0.2, 0) is 10.3 Å². The van der Waals surface area contributed by atoms with Crippen LogP contribution in [0.4, 0.5) is 0 Å². The molecule has 0 aliphatic carbocycles. The number of carbonyl (C=O) groups is 1. The number of methoxy groups -OCH3 is 1. The zero-order valence-corrected chi connectivity index (χ0v) is 9.41. The van der Waals surface area contributed by atoms with Gasteiger partial charge in [0.1, 0.15) is 0 Å². The van der Waals surface area contributed by atoms with Gasteiger partial charge in [0.2, 0.25) is 0 Å². The van der Waals surface area contributed by atoms with Crippen molar-refractivity contribution in [1.29, 1.82) is 0 Å². The molecule has 0 heterocycles. The second kappa shape index (κ2) is 4.45. The van der Waals surface area contributed by atoms with Gasteiger partial charge < -0.3 is 10.5 Å². The van der Waals surface area contributed by atoms with Crippen LogP contribution in [0.15, 0.2) is 24.3 Å². The van der Waals surface area contributed by atoms with Gasteiger partial charge in [-0.2, -0.15) is 0 Å². The molecule has 0 radical (unpaired) electrons. The maximum atomic E-state index is 11.2. The average molecular weight is 207 g/mol. The Hall–Kier alpha value is -1.35. The van der Waals surface area contributed by atoms with Crippen molar-refractivity contribution in [2.45, 2.75) is 25.8 Å². The lowest BCUT2D eigenvalue weighted by atomic mass is 9.90. The summed E-state index contributed by atoms with van der Waals surface area (Å²) in [4.78, 5) is 11.2. The monoisotopic (exact) mass is 207 g/mol. The largest absolute Gasteiger partial charge is 0.465 e. The van der Waals surface area contributed by atoms with Crippen LogP contribution in [-0.4, -0.2) is 13.1 Å². The first-order chi connectivity index (χ1) is 7.01. The second-order valence-corrected chi connectivity index (χ2v) is 3.84. The van der Waals surface area contributed by atoms with Gasteiger partial charge in [0.05, 0.1) is 12.7 Å². The van der Waals surface area contributed by atoms with Crippen molar-refractivity contribution in [3.8, 4) is 0 Å². The van der Waals surface area contributed by atoms with Crippen LogP contribution in [0, 0.1) is 0 Å². The Labute approximate surface area is 90.2 Å². The number of carbonyl (C=O) groups excluding carboxylic acids is 1. The predicted molar refractivity (Wildman–Crippen MR) is 59.6 cm³/mol. The molecule has 0 amide bonds. The average Bonchev–Trinajstić information content (AvgIpc) is 2.28. The number of hydrogen-bond acceptors (Lipinski definition) is 3. The molecule has 0 fully saturated rings. The summed E-state index contributed by atoms with van der Waals surface area (Å²) in [5.41, 5.74) is 7.32. The number of esters is 1. The highest BCUT2D eigenvalue weighted by molar-refractivity contribution is 5.89. The van der Waals surface area contributed by atoms with E-state index < -0.39 is 0 Å². The van der Waals surface area contributed by atoms with Gasteiger partial charge in [0.15, 0.2) is 0 Å². The van der Waals surface area contributed by atoms with E-state index in [1.807, 2.05) is 26.0 Å². The van der Waals surface area contributed by atoms with E-state index in [9.17, 15) is 4.79 Å². The van der Waals surface area contributed by atoms with Crippen molar-refractivity contribution in [2.75, 3.05) is 7.11 Å². The molecule has 0 aliphatic heterocycles. The molecule has 0 aromatic heterocycles. The highest BCUT2D eigenvalue weighted by atomic mass is 16.5. The highest BCUT2D eigenvalue weighted by Crippen LogP contribution is 2.21. The van der Waals surface area contributed by atoms with Gasteiger partial charge in [-0.1, -0.05) is 19.1 Å². The standard InChI is InChI=1S/C12H17NO2/c1-4-12(2,13)10-7-5-9(6-8-10)11(14)15-3/h5-8H,4,13H2,1-3H3. The van der Waals surface area contributed by atoms with Crippen molar-refractivity contribution in [3.63, 3.8) is 0 Å². The number of benzene rings is 1. The van der Waals surface area contributed by atoms with Crippen LogP contribution in [0.5, 0.6) is 0 Å². The minimum absolute atomic E-state index is 0.322. The molecule has 0 aliphatic rings. The van der Waals surface area contributed by atoms with E-state index in [0.29, 0.717) is 5.56 Å². The minimum Gasteiger partial charge on any atom is -0.465 e. The molecule has 1 unspecified atom stereocenters. The highest BCUT2D eigenvalue weighted by Gasteiger charge is 2.18. The molecule has 1 aromatic rings. The number of ether oxygens (including phenoxy) is 1. The van der Waals surface area contributed by atoms with Gasteiger partial charge in [-0.25, -0.2) is 4.79 Å². The van der Waals surface area contributed by atoms with Gasteiger partial charge in [0, 0.05) is 5.54 Å². The molecule has 0 spiro atoms. The van der Waals surface area contributed by atoms with Gasteiger partial charge in [-0.3, -0.25) is 0 Å². The Bertz CT molecular complexity index is 341. The Morgan fingerprint density at radius 2 is 1.93 bits per heavy atom. The molecule has 2 N–H and O–H groups in total. The van der Waals surface area contributed by atoms with E-state index in [4.69, 9.17) is 5.73 Å². The Morgan fingerprint density at radius 1 is 1.40 bits per heavy atom. The van der Waals surface area contributed by atoms with E-state index in [-0.39, 0.29) is 11.5 Å². The summed E-state index contributed by atoms with van der Waals surface area (Å²) in [6.07, 6.45) is 0.852. The van der Waals surface area contributed by atoms with E-state index in [2.05, 4.69) is 4.74 Å². The lowest BCUT2D eigenvalue weighted by Gasteiger charge is -2.23. The Kier molecular flexibility index (Phi) is 3.48. The molecular formula is C12H17NO2. The summed E-state index contributed by atoms with van der Waals surface area (Å²) >= 11 is 0. The second-order valence-electron chi connectivity index (χ2n) is 3.84. The van der Waals surface area contributed by atoms with Crippen LogP contribution in [0.1, 0.15) is 36.2 Å². The Morgan fingerprint density at radius 3 is 2.33 bits per heavy atom. The lowest BCUT2D eigenvalue weighted by Crippen LogP contribution is -2.31. The molecule has 1 rings (SSSR count). The van der Waals surface area contributed by atoms with E-state index in [0.717, 1.165) is 12.0 Å². The summed E-state index contributed by atoms with van der Waals surface area (Å²) in [6, 6.07) is 7.22. The van der Waals surface area contributed by atoms with Crippen molar-refractivity contribution >= 4 is 5.97 Å². The maximum absolute atomic E-state index is 11.2. The molecule has 1 aromatic carbocycles. The Balaban J connectivity index is 2.95. The third kappa shape index (κ3) is 2.57. The first-order valence-electron chi connectivity index (χ1n) is 4.99. The van der Waals surface area contributed by atoms with Gasteiger partial charge in [-0.05, 0) is 31.0 Å². The van der Waals surface area contributed by atoms with Crippen molar-refractivity contribution in [1.82, 2.24) is 0 Å². The van der Waals surface area contributed by atoms with Crippen LogP contribution < -0.4 is 5.73 Å². The molecule has 3 nitrogen and oxygen atoms in total. The zero-order valence-electron chi connectivity index (χ0n) is 9.41. The van der Waals surface area contributed by atoms with Crippen molar-refractivity contribution in [2.24, 2.45) is 5.73 Å². The quantitative estimate of drug-likeness (QED) is 0.772. The van der Waals surface area contributed by atoms with E-state index >= 15 is 0 Å². The van der Waals surface area contributed by atoms with E-state index in [1.165, 1.54) is 7.11 Å². The van der Waals surface area contributed by atoms with Crippen LogP contribution in [0.25, 0.3) is 0 Å². The lowest BCUT2D eigenvalue weighted by molar-refractivity contribution is 0.0600. The molecule has 0 saturated heterocycles. The molecular weight excluding hydrogens is 190 g/mol. The van der Waals surface area contributed by atoms with Crippen LogP contribution in [0.2, 0.25) is 0 Å².